The Kier molecular flexibility index (Phi) is 3.91. The highest BCUT2D eigenvalue weighted by atomic mass is 15.5. The Balaban J connectivity index is 1.57. The number of benzene rings is 1. The van der Waals surface area contributed by atoms with Gasteiger partial charge in [-0.1, -0.05) is 18.6 Å². The SMILES string of the molecule is c1cn(-c2ccc(CNN3CCCCC3)cc2)cn1. The van der Waals surface area contributed by atoms with E-state index in [1.165, 1.54) is 37.9 Å². The van der Waals surface area contributed by atoms with E-state index in [2.05, 4.69) is 39.7 Å². The molecule has 4 nitrogen and oxygen atoms in total. The van der Waals surface area contributed by atoms with Crippen molar-refractivity contribution in [2.24, 2.45) is 0 Å². The van der Waals surface area contributed by atoms with Crippen LogP contribution in [-0.4, -0.2) is 27.6 Å². The van der Waals surface area contributed by atoms with Gasteiger partial charge in [-0.3, -0.25) is 5.43 Å². The van der Waals surface area contributed by atoms with Crippen molar-refractivity contribution in [3.63, 3.8) is 0 Å². The highest BCUT2D eigenvalue weighted by Gasteiger charge is 2.08. The average molecular weight is 256 g/mol. The molecule has 0 aliphatic carbocycles. The van der Waals surface area contributed by atoms with Gasteiger partial charge in [0.2, 0.25) is 0 Å². The van der Waals surface area contributed by atoms with Gasteiger partial charge in [0.1, 0.15) is 0 Å². The van der Waals surface area contributed by atoms with E-state index >= 15 is 0 Å². The molecule has 3 rings (SSSR count). The molecule has 4 heteroatoms. The molecule has 0 unspecified atom stereocenters. The maximum Gasteiger partial charge on any atom is 0.0991 e. The summed E-state index contributed by atoms with van der Waals surface area (Å²) in [6.07, 6.45) is 9.57. The molecule has 2 aromatic rings. The van der Waals surface area contributed by atoms with Crippen molar-refractivity contribution in [3.05, 3.63) is 48.5 Å². The highest BCUT2D eigenvalue weighted by molar-refractivity contribution is 5.34. The van der Waals surface area contributed by atoms with Gasteiger partial charge in [0, 0.05) is 37.7 Å². The number of nitrogens with one attached hydrogen (secondary N) is 1. The number of rotatable bonds is 4. The van der Waals surface area contributed by atoms with E-state index in [1.807, 2.05) is 17.1 Å². The van der Waals surface area contributed by atoms with E-state index in [4.69, 9.17) is 0 Å². The van der Waals surface area contributed by atoms with E-state index in [0.29, 0.717) is 0 Å². The lowest BCUT2D eigenvalue weighted by Crippen LogP contribution is -2.41. The van der Waals surface area contributed by atoms with Crippen LogP contribution in [0.25, 0.3) is 5.69 Å². The van der Waals surface area contributed by atoms with Crippen LogP contribution < -0.4 is 5.43 Å². The number of hydrogen-bond acceptors (Lipinski definition) is 3. The third-order valence-corrected chi connectivity index (χ3v) is 3.60. The van der Waals surface area contributed by atoms with Crippen LogP contribution in [0, 0.1) is 0 Å². The van der Waals surface area contributed by atoms with Crippen LogP contribution in [0.1, 0.15) is 24.8 Å². The van der Waals surface area contributed by atoms with Crippen molar-refractivity contribution in [2.75, 3.05) is 13.1 Å². The Hall–Kier alpha value is -1.65. The van der Waals surface area contributed by atoms with Crippen molar-refractivity contribution in [1.29, 1.82) is 0 Å². The molecular formula is C15H20N4. The summed E-state index contributed by atoms with van der Waals surface area (Å²) in [5.74, 6) is 0. The van der Waals surface area contributed by atoms with Crippen LogP contribution in [-0.2, 0) is 6.54 Å². The number of nitrogens with zero attached hydrogens (tertiary/aromatic N) is 3. The summed E-state index contributed by atoms with van der Waals surface area (Å²) in [6, 6.07) is 8.61. The Morgan fingerprint density at radius 2 is 1.84 bits per heavy atom. The van der Waals surface area contributed by atoms with Crippen LogP contribution in [0.2, 0.25) is 0 Å². The van der Waals surface area contributed by atoms with Crippen LogP contribution in [0.15, 0.2) is 43.0 Å². The Morgan fingerprint density at radius 1 is 1.05 bits per heavy atom. The Labute approximate surface area is 114 Å². The molecule has 0 radical (unpaired) electrons. The normalized spacial score (nSPS) is 16.6. The monoisotopic (exact) mass is 256 g/mol. The minimum Gasteiger partial charge on any atom is -0.306 e. The predicted molar refractivity (Wildman–Crippen MR) is 75.8 cm³/mol. The zero-order valence-corrected chi connectivity index (χ0v) is 11.1. The van der Waals surface area contributed by atoms with Crippen LogP contribution in [0.3, 0.4) is 0 Å². The summed E-state index contributed by atoms with van der Waals surface area (Å²) in [5, 5.41) is 2.34. The third kappa shape index (κ3) is 3.22. The average Bonchev–Trinajstić information content (AvgIpc) is 3.01. The van der Waals surface area contributed by atoms with Crippen molar-refractivity contribution >= 4 is 0 Å². The molecule has 1 fully saturated rings. The summed E-state index contributed by atoms with van der Waals surface area (Å²) in [7, 11) is 0. The summed E-state index contributed by atoms with van der Waals surface area (Å²) < 4.78 is 2.02. The van der Waals surface area contributed by atoms with Gasteiger partial charge in [0.05, 0.1) is 6.33 Å². The predicted octanol–water partition coefficient (Wildman–Crippen LogP) is 2.36. The lowest BCUT2D eigenvalue weighted by atomic mass is 10.1. The maximum absolute atomic E-state index is 4.06. The van der Waals surface area contributed by atoms with E-state index < -0.39 is 0 Å². The summed E-state index contributed by atoms with van der Waals surface area (Å²) in [4.78, 5) is 4.06. The third-order valence-electron chi connectivity index (χ3n) is 3.60. The van der Waals surface area contributed by atoms with Crippen LogP contribution in [0.4, 0.5) is 0 Å². The summed E-state index contributed by atoms with van der Waals surface area (Å²) in [5.41, 5.74) is 5.97. The zero-order valence-electron chi connectivity index (χ0n) is 11.1. The first-order valence-electron chi connectivity index (χ1n) is 6.97. The van der Waals surface area contributed by atoms with Gasteiger partial charge in [-0.25, -0.2) is 9.99 Å². The zero-order chi connectivity index (χ0) is 12.9. The quantitative estimate of drug-likeness (QED) is 0.911. The Bertz CT molecular complexity index is 483. The lowest BCUT2D eigenvalue weighted by molar-refractivity contribution is 0.151. The fourth-order valence-corrected chi connectivity index (χ4v) is 2.45. The van der Waals surface area contributed by atoms with Gasteiger partial charge < -0.3 is 4.57 Å². The molecule has 0 amide bonds. The lowest BCUT2D eigenvalue weighted by Gasteiger charge is -2.27. The molecule has 1 aromatic heterocycles. The van der Waals surface area contributed by atoms with Crippen molar-refractivity contribution in [3.8, 4) is 5.69 Å². The minimum atomic E-state index is 0.907. The molecule has 1 saturated heterocycles. The molecule has 1 aliphatic heterocycles. The Morgan fingerprint density at radius 3 is 2.53 bits per heavy atom. The molecule has 0 bridgehead atoms. The summed E-state index contributed by atoms with van der Waals surface area (Å²) >= 11 is 0. The first-order valence-corrected chi connectivity index (χ1v) is 6.97. The molecule has 19 heavy (non-hydrogen) atoms. The van der Waals surface area contributed by atoms with Gasteiger partial charge in [-0.05, 0) is 30.5 Å². The molecule has 0 saturated carbocycles. The largest absolute Gasteiger partial charge is 0.306 e. The van der Waals surface area contributed by atoms with E-state index in [9.17, 15) is 0 Å². The second-order valence-corrected chi connectivity index (χ2v) is 5.02. The molecule has 1 N–H and O–H groups in total. The fourth-order valence-electron chi connectivity index (χ4n) is 2.45. The molecule has 100 valence electrons. The molecule has 2 heterocycles. The first kappa shape index (κ1) is 12.4. The number of imidazole rings is 1. The van der Waals surface area contributed by atoms with Crippen LogP contribution >= 0.6 is 0 Å². The van der Waals surface area contributed by atoms with E-state index in [0.717, 1.165) is 12.2 Å². The molecule has 1 aromatic carbocycles. The van der Waals surface area contributed by atoms with E-state index in [-0.39, 0.29) is 0 Å². The number of piperidine rings is 1. The van der Waals surface area contributed by atoms with Gasteiger partial charge in [-0.2, -0.15) is 0 Å². The summed E-state index contributed by atoms with van der Waals surface area (Å²) in [6.45, 7) is 3.25. The second kappa shape index (κ2) is 5.99. The minimum absolute atomic E-state index is 0.907. The molecule has 0 atom stereocenters. The van der Waals surface area contributed by atoms with Gasteiger partial charge in [0.15, 0.2) is 0 Å². The first-order chi connectivity index (χ1) is 9.42. The standard InChI is InChI=1S/C15H20N4/c1-2-9-19(10-3-1)17-12-14-4-6-15(7-5-14)18-11-8-16-13-18/h4-8,11,13,17H,1-3,9-10,12H2. The van der Waals surface area contributed by atoms with Crippen LogP contribution in [0.5, 0.6) is 0 Å². The number of hydrazine groups is 1. The maximum atomic E-state index is 4.06. The van der Waals surface area contributed by atoms with Crippen molar-refractivity contribution in [1.82, 2.24) is 20.0 Å². The van der Waals surface area contributed by atoms with Crippen molar-refractivity contribution < 1.29 is 0 Å². The van der Waals surface area contributed by atoms with Gasteiger partial charge in [0.25, 0.3) is 0 Å². The van der Waals surface area contributed by atoms with Gasteiger partial charge in [-0.15, -0.1) is 0 Å². The van der Waals surface area contributed by atoms with Gasteiger partial charge >= 0.3 is 0 Å². The highest BCUT2D eigenvalue weighted by Crippen LogP contribution is 2.10. The number of aromatic nitrogens is 2. The fraction of sp³-hybridized carbons (Fsp3) is 0.400. The topological polar surface area (TPSA) is 33.1 Å². The number of hydrogen-bond donors (Lipinski definition) is 1. The van der Waals surface area contributed by atoms with E-state index in [1.54, 1.807) is 6.20 Å². The molecule has 1 aliphatic rings. The second-order valence-electron chi connectivity index (χ2n) is 5.02. The smallest absolute Gasteiger partial charge is 0.0991 e. The molecular weight excluding hydrogens is 236 g/mol. The molecule has 0 spiro atoms. The van der Waals surface area contributed by atoms with Crippen molar-refractivity contribution in [2.45, 2.75) is 25.8 Å².